The molecule has 1 N–H and O–H groups in total. The zero-order valence-electron chi connectivity index (χ0n) is 18.5. The highest BCUT2D eigenvalue weighted by molar-refractivity contribution is 7.99. The first kappa shape index (κ1) is 21.4. The summed E-state index contributed by atoms with van der Waals surface area (Å²) in [6.07, 6.45) is 2.18. The third kappa shape index (κ3) is 4.06. The van der Waals surface area contributed by atoms with Crippen LogP contribution in [0.3, 0.4) is 0 Å². The number of rotatable bonds is 7. The van der Waals surface area contributed by atoms with Gasteiger partial charge in [0, 0.05) is 32.4 Å². The van der Waals surface area contributed by atoms with Gasteiger partial charge in [0.15, 0.2) is 11.2 Å². The zero-order valence-corrected chi connectivity index (χ0v) is 19.3. The number of benzene rings is 1. The number of hydrogen-bond donors (Lipinski definition) is 1. The summed E-state index contributed by atoms with van der Waals surface area (Å²) in [5, 5.41) is 12.8. The average molecular weight is 468 g/mol. The van der Waals surface area contributed by atoms with Crippen LogP contribution in [0.1, 0.15) is 19.8 Å². The van der Waals surface area contributed by atoms with Crippen LogP contribution in [0.25, 0.3) is 16.9 Å². The summed E-state index contributed by atoms with van der Waals surface area (Å²) >= 11 is 1.57. The summed E-state index contributed by atoms with van der Waals surface area (Å²) < 4.78 is 5.09. The molecule has 4 heterocycles. The van der Waals surface area contributed by atoms with Gasteiger partial charge < -0.3 is 9.47 Å². The monoisotopic (exact) mass is 467 g/mol. The molecule has 0 aliphatic carbocycles. The van der Waals surface area contributed by atoms with E-state index < -0.39 is 11.2 Å². The van der Waals surface area contributed by atoms with Crippen LogP contribution in [-0.2, 0) is 13.6 Å². The molecular formula is C21H25N9O2S. The number of aromatic amines is 1. The molecule has 0 radical (unpaired) electrons. The van der Waals surface area contributed by atoms with Gasteiger partial charge in [-0.25, -0.2) is 4.79 Å². The van der Waals surface area contributed by atoms with Gasteiger partial charge in [0.05, 0.1) is 5.69 Å². The van der Waals surface area contributed by atoms with E-state index in [0.29, 0.717) is 22.9 Å². The van der Waals surface area contributed by atoms with E-state index in [9.17, 15) is 9.59 Å². The Morgan fingerprint density at radius 2 is 1.91 bits per heavy atom. The van der Waals surface area contributed by atoms with Crippen LogP contribution in [0.15, 0.2) is 45.1 Å². The van der Waals surface area contributed by atoms with Crippen LogP contribution < -0.4 is 16.1 Å². The minimum Gasteiger partial charge on any atom is -0.342 e. The van der Waals surface area contributed by atoms with Gasteiger partial charge in [0.2, 0.25) is 11.1 Å². The number of anilines is 1. The fourth-order valence-corrected chi connectivity index (χ4v) is 5.03. The summed E-state index contributed by atoms with van der Waals surface area (Å²) in [4.78, 5) is 34.2. The molecule has 0 amide bonds. The zero-order chi connectivity index (χ0) is 22.9. The van der Waals surface area contributed by atoms with Gasteiger partial charge in [0.25, 0.3) is 5.56 Å². The predicted molar refractivity (Wildman–Crippen MR) is 126 cm³/mol. The Morgan fingerprint density at radius 3 is 2.67 bits per heavy atom. The van der Waals surface area contributed by atoms with Crippen molar-refractivity contribution in [2.75, 3.05) is 23.7 Å². The van der Waals surface area contributed by atoms with E-state index in [1.165, 1.54) is 4.57 Å². The molecule has 1 aliphatic rings. The molecule has 1 saturated heterocycles. The quantitative estimate of drug-likeness (QED) is 0.406. The lowest BCUT2D eigenvalue weighted by Gasteiger charge is -2.20. The minimum atomic E-state index is -0.457. The van der Waals surface area contributed by atoms with Crippen molar-refractivity contribution in [2.45, 2.75) is 31.5 Å². The topological polar surface area (TPSA) is 120 Å². The Labute approximate surface area is 193 Å². The molecule has 0 unspecified atom stereocenters. The Balaban J connectivity index is 1.42. The van der Waals surface area contributed by atoms with Crippen LogP contribution in [0.4, 0.5) is 5.95 Å². The maximum atomic E-state index is 12.7. The lowest BCUT2D eigenvalue weighted by Crippen LogP contribution is -2.30. The molecule has 33 heavy (non-hydrogen) atoms. The molecule has 11 nitrogen and oxygen atoms in total. The lowest BCUT2D eigenvalue weighted by molar-refractivity contribution is 0.536. The Kier molecular flexibility index (Phi) is 5.75. The van der Waals surface area contributed by atoms with Crippen LogP contribution in [0.2, 0.25) is 0 Å². The van der Waals surface area contributed by atoms with Crippen molar-refractivity contribution in [1.29, 1.82) is 0 Å². The smallest absolute Gasteiger partial charge is 0.329 e. The van der Waals surface area contributed by atoms with Crippen LogP contribution >= 0.6 is 11.8 Å². The summed E-state index contributed by atoms with van der Waals surface area (Å²) in [7, 11) is 1.63. The molecule has 0 bridgehead atoms. The SMILES string of the molecule is C[C@H](CSc1nnnn1-c1ccccc1)Cn1c(N2CCCC2)nc2c1c(=O)[nH]c(=O)n2C. The van der Waals surface area contributed by atoms with Gasteiger partial charge in [-0.2, -0.15) is 9.67 Å². The number of aryl methyl sites for hydroxylation is 1. The Morgan fingerprint density at radius 1 is 1.15 bits per heavy atom. The van der Waals surface area contributed by atoms with E-state index >= 15 is 0 Å². The number of para-hydroxylation sites is 1. The predicted octanol–water partition coefficient (Wildman–Crippen LogP) is 1.43. The highest BCUT2D eigenvalue weighted by Gasteiger charge is 2.24. The minimum absolute atomic E-state index is 0.186. The van der Waals surface area contributed by atoms with Crippen molar-refractivity contribution in [3.63, 3.8) is 0 Å². The van der Waals surface area contributed by atoms with Gasteiger partial charge >= 0.3 is 5.69 Å². The highest BCUT2D eigenvalue weighted by Crippen LogP contribution is 2.26. The maximum Gasteiger partial charge on any atom is 0.329 e. The number of nitrogens with zero attached hydrogens (tertiary/aromatic N) is 8. The molecule has 12 heteroatoms. The van der Waals surface area contributed by atoms with Gasteiger partial charge in [-0.15, -0.1) is 5.10 Å². The van der Waals surface area contributed by atoms with Gasteiger partial charge in [0.1, 0.15) is 0 Å². The number of nitrogens with one attached hydrogen (secondary N) is 1. The molecule has 0 saturated carbocycles. The summed E-state index contributed by atoms with van der Waals surface area (Å²) in [5.74, 6) is 1.68. The second-order valence-corrected chi connectivity index (χ2v) is 9.32. The number of H-pyrrole nitrogens is 1. The molecular weight excluding hydrogens is 442 g/mol. The van der Waals surface area contributed by atoms with E-state index in [-0.39, 0.29) is 5.92 Å². The number of hydrogen-bond acceptors (Lipinski definition) is 8. The largest absolute Gasteiger partial charge is 0.342 e. The van der Waals surface area contributed by atoms with E-state index in [0.717, 1.165) is 43.3 Å². The fraction of sp³-hybridized carbons (Fsp3) is 0.429. The molecule has 1 aliphatic heterocycles. The van der Waals surface area contributed by atoms with Crippen molar-refractivity contribution in [1.82, 2.24) is 39.3 Å². The summed E-state index contributed by atoms with van der Waals surface area (Å²) in [6.45, 7) is 4.50. The molecule has 0 spiro atoms. The third-order valence-corrected chi connectivity index (χ3v) is 7.06. The average Bonchev–Trinajstić information content (AvgIpc) is 3.56. The lowest BCUT2D eigenvalue weighted by atomic mass is 10.2. The highest BCUT2D eigenvalue weighted by atomic mass is 32.2. The van der Waals surface area contributed by atoms with Gasteiger partial charge in [-0.1, -0.05) is 36.9 Å². The molecule has 3 aromatic heterocycles. The van der Waals surface area contributed by atoms with Crippen LogP contribution in [0, 0.1) is 5.92 Å². The Bertz CT molecular complexity index is 1380. The van der Waals surface area contributed by atoms with Crippen LogP contribution in [0.5, 0.6) is 0 Å². The summed E-state index contributed by atoms with van der Waals surface area (Å²) in [5.41, 5.74) is 0.894. The van der Waals surface area contributed by atoms with Crippen molar-refractivity contribution >= 4 is 28.9 Å². The molecule has 172 valence electrons. The first-order valence-corrected chi connectivity index (χ1v) is 11.9. The number of aromatic nitrogens is 8. The van der Waals surface area contributed by atoms with Crippen LogP contribution in [-0.4, -0.2) is 58.2 Å². The van der Waals surface area contributed by atoms with Crippen molar-refractivity contribution < 1.29 is 0 Å². The molecule has 1 atom stereocenters. The second kappa shape index (κ2) is 8.85. The molecule has 1 fully saturated rings. The summed E-state index contributed by atoms with van der Waals surface area (Å²) in [6, 6.07) is 9.76. The number of fused-ring (bicyclic) bond motifs is 1. The first-order valence-electron chi connectivity index (χ1n) is 10.9. The number of thioether (sulfide) groups is 1. The van der Waals surface area contributed by atoms with E-state index in [4.69, 9.17) is 4.98 Å². The fourth-order valence-electron chi connectivity index (χ4n) is 4.14. The molecule has 4 aromatic rings. The first-order chi connectivity index (χ1) is 16.0. The third-order valence-electron chi connectivity index (χ3n) is 5.81. The van der Waals surface area contributed by atoms with E-state index in [2.05, 4.69) is 32.3 Å². The van der Waals surface area contributed by atoms with E-state index in [1.807, 2.05) is 34.9 Å². The normalized spacial score (nSPS) is 14.9. The number of imidazole rings is 1. The van der Waals surface area contributed by atoms with Crippen molar-refractivity contribution in [3.8, 4) is 5.69 Å². The van der Waals surface area contributed by atoms with E-state index in [1.54, 1.807) is 23.5 Å². The standard InChI is InChI=1S/C21H25N9O2S/c1-14(13-33-21-24-25-26-30(21)15-8-4-3-5-9-15)12-29-16-17(27(2)20(32)23-18(16)31)22-19(29)28-10-6-7-11-28/h3-5,8-9,14H,6-7,10-13H2,1-2H3,(H,23,31,32)/t14-/m0/s1. The maximum absolute atomic E-state index is 12.7. The Hall–Kier alpha value is -3.41. The molecule has 1 aromatic carbocycles. The number of tetrazole rings is 1. The van der Waals surface area contributed by atoms with Gasteiger partial charge in [-0.3, -0.25) is 14.3 Å². The second-order valence-electron chi connectivity index (χ2n) is 8.33. The van der Waals surface area contributed by atoms with Crippen molar-refractivity contribution in [2.24, 2.45) is 13.0 Å². The molecule has 5 rings (SSSR count). The van der Waals surface area contributed by atoms with Gasteiger partial charge in [-0.05, 0) is 41.3 Å². The van der Waals surface area contributed by atoms with Crippen molar-refractivity contribution in [3.05, 3.63) is 51.2 Å².